The second-order valence-electron chi connectivity index (χ2n) is 3.68. The monoisotopic (exact) mass is 318 g/mol. The molecule has 15 heavy (non-hydrogen) atoms. The molecule has 0 aliphatic carbocycles. The SMILES string of the molecule is Cc1cc(I)ccc1N[C@@H](C)CC(N)=O. The van der Waals surface area contributed by atoms with Gasteiger partial charge in [-0.1, -0.05) is 0 Å². The van der Waals surface area contributed by atoms with Crippen molar-refractivity contribution >= 4 is 34.2 Å². The molecule has 3 N–H and O–H groups in total. The molecule has 0 radical (unpaired) electrons. The maximum Gasteiger partial charge on any atom is 0.219 e. The number of amides is 1. The lowest BCUT2D eigenvalue weighted by molar-refractivity contribution is -0.118. The molecule has 3 nitrogen and oxygen atoms in total. The van der Waals surface area contributed by atoms with Gasteiger partial charge in [-0.25, -0.2) is 0 Å². The van der Waals surface area contributed by atoms with Gasteiger partial charge < -0.3 is 11.1 Å². The third-order valence-corrected chi connectivity index (χ3v) is 2.77. The first-order valence-electron chi connectivity index (χ1n) is 4.80. The van der Waals surface area contributed by atoms with Gasteiger partial charge in [0.2, 0.25) is 5.91 Å². The van der Waals surface area contributed by atoms with Crippen molar-refractivity contribution < 1.29 is 4.79 Å². The highest BCUT2D eigenvalue weighted by Crippen LogP contribution is 2.18. The Kier molecular flexibility index (Phi) is 4.38. The van der Waals surface area contributed by atoms with E-state index in [-0.39, 0.29) is 11.9 Å². The molecule has 0 aromatic heterocycles. The lowest BCUT2D eigenvalue weighted by Gasteiger charge is -2.15. The van der Waals surface area contributed by atoms with Crippen LogP contribution in [0.15, 0.2) is 18.2 Å². The van der Waals surface area contributed by atoms with E-state index >= 15 is 0 Å². The summed E-state index contributed by atoms with van der Waals surface area (Å²) < 4.78 is 1.21. The zero-order valence-corrected chi connectivity index (χ0v) is 11.0. The van der Waals surface area contributed by atoms with E-state index in [1.54, 1.807) is 0 Å². The minimum absolute atomic E-state index is 0.0706. The van der Waals surface area contributed by atoms with Gasteiger partial charge in [0.05, 0.1) is 0 Å². The summed E-state index contributed by atoms with van der Waals surface area (Å²) in [7, 11) is 0. The summed E-state index contributed by atoms with van der Waals surface area (Å²) in [6.07, 6.45) is 0.353. The lowest BCUT2D eigenvalue weighted by Crippen LogP contribution is -2.24. The number of nitrogens with one attached hydrogen (secondary N) is 1. The van der Waals surface area contributed by atoms with Crippen molar-refractivity contribution in [2.24, 2.45) is 5.73 Å². The Bertz CT molecular complexity index is 366. The Morgan fingerprint density at radius 2 is 2.27 bits per heavy atom. The molecule has 82 valence electrons. The number of primary amides is 1. The van der Waals surface area contributed by atoms with Crippen LogP contribution < -0.4 is 11.1 Å². The quantitative estimate of drug-likeness (QED) is 0.837. The summed E-state index contributed by atoms with van der Waals surface area (Å²) in [5, 5.41) is 3.26. The number of hydrogen-bond acceptors (Lipinski definition) is 2. The fourth-order valence-corrected chi connectivity index (χ4v) is 2.05. The van der Waals surface area contributed by atoms with Crippen LogP contribution in [0.3, 0.4) is 0 Å². The number of anilines is 1. The summed E-state index contributed by atoms with van der Waals surface area (Å²) in [6, 6.07) is 6.22. The number of hydrogen-bond donors (Lipinski definition) is 2. The Labute approximate surface area is 104 Å². The zero-order valence-electron chi connectivity index (χ0n) is 8.88. The first kappa shape index (κ1) is 12.3. The van der Waals surface area contributed by atoms with Gasteiger partial charge in [0.25, 0.3) is 0 Å². The topological polar surface area (TPSA) is 55.1 Å². The van der Waals surface area contributed by atoms with Crippen LogP contribution in [0.2, 0.25) is 0 Å². The van der Waals surface area contributed by atoms with Crippen molar-refractivity contribution in [1.29, 1.82) is 0 Å². The van der Waals surface area contributed by atoms with Gasteiger partial charge in [0, 0.05) is 21.7 Å². The molecular formula is C11H15IN2O. The van der Waals surface area contributed by atoms with Crippen molar-refractivity contribution in [3.8, 4) is 0 Å². The van der Waals surface area contributed by atoms with Gasteiger partial charge in [-0.3, -0.25) is 4.79 Å². The normalized spacial score (nSPS) is 12.2. The van der Waals surface area contributed by atoms with E-state index in [1.165, 1.54) is 9.13 Å². The molecule has 1 aromatic rings. The van der Waals surface area contributed by atoms with Crippen LogP contribution in [0.1, 0.15) is 18.9 Å². The summed E-state index contributed by atoms with van der Waals surface area (Å²) in [4.78, 5) is 10.7. The van der Waals surface area contributed by atoms with Gasteiger partial charge in [0.1, 0.15) is 0 Å². The lowest BCUT2D eigenvalue weighted by atomic mass is 10.1. The maximum atomic E-state index is 10.7. The zero-order chi connectivity index (χ0) is 11.4. The van der Waals surface area contributed by atoms with Crippen LogP contribution in [0, 0.1) is 10.5 Å². The third kappa shape index (κ3) is 4.07. The number of nitrogens with two attached hydrogens (primary N) is 1. The number of benzene rings is 1. The van der Waals surface area contributed by atoms with Crippen LogP contribution in [-0.4, -0.2) is 11.9 Å². The summed E-state index contributed by atoms with van der Waals surface area (Å²) >= 11 is 2.27. The highest BCUT2D eigenvalue weighted by atomic mass is 127. The smallest absolute Gasteiger partial charge is 0.219 e. The van der Waals surface area contributed by atoms with Crippen LogP contribution in [0.5, 0.6) is 0 Å². The van der Waals surface area contributed by atoms with Crippen molar-refractivity contribution in [3.05, 3.63) is 27.3 Å². The Balaban J connectivity index is 2.68. The highest BCUT2D eigenvalue weighted by Gasteiger charge is 2.07. The van der Waals surface area contributed by atoms with Crippen LogP contribution in [0.4, 0.5) is 5.69 Å². The number of carbonyl (C=O) groups is 1. The van der Waals surface area contributed by atoms with Gasteiger partial charge in [-0.15, -0.1) is 0 Å². The second-order valence-corrected chi connectivity index (χ2v) is 4.92. The van der Waals surface area contributed by atoms with Crippen LogP contribution >= 0.6 is 22.6 Å². The summed E-state index contributed by atoms with van der Waals surface area (Å²) in [5.74, 6) is -0.279. The predicted molar refractivity (Wildman–Crippen MR) is 70.8 cm³/mol. The molecule has 0 saturated carbocycles. The number of aryl methyl sites for hydroxylation is 1. The standard InChI is InChI=1S/C11H15IN2O/c1-7-5-9(12)3-4-10(7)14-8(2)6-11(13)15/h3-5,8,14H,6H2,1-2H3,(H2,13,15)/t8-/m0/s1. The molecule has 1 aromatic carbocycles. The van der Waals surface area contributed by atoms with E-state index in [1.807, 2.05) is 26.0 Å². The van der Waals surface area contributed by atoms with Crippen molar-refractivity contribution in [2.45, 2.75) is 26.3 Å². The highest BCUT2D eigenvalue weighted by molar-refractivity contribution is 14.1. The molecule has 1 amide bonds. The molecule has 0 aliphatic rings. The van der Waals surface area contributed by atoms with Gasteiger partial charge in [-0.05, 0) is 60.2 Å². The number of halogens is 1. The van der Waals surface area contributed by atoms with Gasteiger partial charge in [-0.2, -0.15) is 0 Å². The molecule has 0 unspecified atom stereocenters. The maximum absolute atomic E-state index is 10.7. The molecule has 1 rings (SSSR count). The number of rotatable bonds is 4. The van der Waals surface area contributed by atoms with Crippen molar-refractivity contribution in [3.63, 3.8) is 0 Å². The Hall–Kier alpha value is -0.780. The predicted octanol–water partition coefficient (Wildman–Crippen LogP) is 2.28. The van der Waals surface area contributed by atoms with E-state index in [0.717, 1.165) is 5.69 Å². The van der Waals surface area contributed by atoms with Crippen LogP contribution in [0.25, 0.3) is 0 Å². The Morgan fingerprint density at radius 1 is 1.60 bits per heavy atom. The molecule has 0 spiro atoms. The first-order valence-corrected chi connectivity index (χ1v) is 5.88. The fraction of sp³-hybridized carbons (Fsp3) is 0.364. The molecular weight excluding hydrogens is 303 g/mol. The average molecular weight is 318 g/mol. The minimum atomic E-state index is -0.279. The average Bonchev–Trinajstić information content (AvgIpc) is 2.08. The molecule has 0 heterocycles. The van der Waals surface area contributed by atoms with E-state index in [9.17, 15) is 4.79 Å². The first-order chi connectivity index (χ1) is 6.99. The second kappa shape index (κ2) is 5.34. The molecule has 0 aliphatic heterocycles. The third-order valence-electron chi connectivity index (χ3n) is 2.10. The van der Waals surface area contributed by atoms with E-state index in [0.29, 0.717) is 6.42 Å². The molecule has 4 heteroatoms. The van der Waals surface area contributed by atoms with Crippen LogP contribution in [-0.2, 0) is 4.79 Å². The summed E-state index contributed by atoms with van der Waals surface area (Å²) in [6.45, 7) is 3.99. The molecule has 0 bridgehead atoms. The molecule has 1 atom stereocenters. The molecule has 0 saturated heterocycles. The van der Waals surface area contributed by atoms with E-state index in [4.69, 9.17) is 5.73 Å². The van der Waals surface area contributed by atoms with Gasteiger partial charge in [0.15, 0.2) is 0 Å². The van der Waals surface area contributed by atoms with Gasteiger partial charge >= 0.3 is 0 Å². The van der Waals surface area contributed by atoms with E-state index in [2.05, 4.69) is 34.0 Å². The van der Waals surface area contributed by atoms with Crippen molar-refractivity contribution in [1.82, 2.24) is 0 Å². The van der Waals surface area contributed by atoms with Crippen molar-refractivity contribution in [2.75, 3.05) is 5.32 Å². The molecule has 0 fully saturated rings. The Morgan fingerprint density at radius 3 is 2.80 bits per heavy atom. The fourth-order valence-electron chi connectivity index (χ4n) is 1.41. The largest absolute Gasteiger partial charge is 0.382 e. The number of carbonyl (C=O) groups excluding carboxylic acids is 1. The van der Waals surface area contributed by atoms with E-state index < -0.39 is 0 Å². The summed E-state index contributed by atoms with van der Waals surface area (Å²) in [5.41, 5.74) is 7.37. The minimum Gasteiger partial charge on any atom is -0.382 e.